The van der Waals surface area contributed by atoms with Gasteiger partial charge in [-0.05, 0) is 60.0 Å². The Morgan fingerprint density at radius 3 is 1.97 bits per heavy atom. The van der Waals surface area contributed by atoms with Crippen LogP contribution in [0, 0.1) is 0 Å². The van der Waals surface area contributed by atoms with Gasteiger partial charge < -0.3 is 24.4 Å². The standard InChI is InChI=1S/C29H31N3O4S/c1-20(23-11-13-24(34-2)14-12-23)30-28(33)27-19-37-29(31-27)32(17-21-7-5-9-25(15-21)35-3)18-22-8-6-10-26(16-22)36-4/h5-16,19-20H,17-18H2,1-4H3,(H,30,33). The number of rotatable bonds is 11. The number of benzene rings is 3. The zero-order chi connectivity index (χ0) is 26.2. The number of hydrogen-bond acceptors (Lipinski definition) is 7. The lowest BCUT2D eigenvalue weighted by molar-refractivity contribution is 0.0935. The van der Waals surface area contributed by atoms with Gasteiger partial charge in [0.1, 0.15) is 22.9 Å². The maximum Gasteiger partial charge on any atom is 0.271 e. The molecular formula is C29H31N3O4S. The van der Waals surface area contributed by atoms with Crippen LogP contribution in [0.5, 0.6) is 17.2 Å². The van der Waals surface area contributed by atoms with Crippen molar-refractivity contribution in [1.29, 1.82) is 0 Å². The van der Waals surface area contributed by atoms with Gasteiger partial charge in [0, 0.05) is 18.5 Å². The molecule has 192 valence electrons. The first-order chi connectivity index (χ1) is 18.0. The zero-order valence-electron chi connectivity index (χ0n) is 21.4. The van der Waals surface area contributed by atoms with Gasteiger partial charge in [0.05, 0.1) is 27.4 Å². The van der Waals surface area contributed by atoms with E-state index in [0.717, 1.165) is 39.1 Å². The summed E-state index contributed by atoms with van der Waals surface area (Å²) in [7, 11) is 4.95. The largest absolute Gasteiger partial charge is 0.497 e. The van der Waals surface area contributed by atoms with Crippen molar-refractivity contribution in [3.8, 4) is 17.2 Å². The van der Waals surface area contributed by atoms with Gasteiger partial charge in [0.25, 0.3) is 5.91 Å². The van der Waals surface area contributed by atoms with Gasteiger partial charge in [-0.15, -0.1) is 11.3 Å². The Hall–Kier alpha value is -4.04. The van der Waals surface area contributed by atoms with E-state index in [1.807, 2.05) is 67.6 Å². The van der Waals surface area contributed by atoms with Gasteiger partial charge >= 0.3 is 0 Å². The molecule has 1 heterocycles. The van der Waals surface area contributed by atoms with Crippen molar-refractivity contribution >= 4 is 22.4 Å². The summed E-state index contributed by atoms with van der Waals surface area (Å²) in [5.41, 5.74) is 3.54. The van der Waals surface area contributed by atoms with Crippen LogP contribution in [0.4, 0.5) is 5.13 Å². The van der Waals surface area contributed by atoms with Gasteiger partial charge in [-0.2, -0.15) is 0 Å². The molecule has 3 aromatic carbocycles. The number of aromatic nitrogens is 1. The topological polar surface area (TPSA) is 72.9 Å². The number of nitrogens with zero attached hydrogens (tertiary/aromatic N) is 2. The number of methoxy groups -OCH3 is 3. The maximum atomic E-state index is 13.0. The zero-order valence-corrected chi connectivity index (χ0v) is 22.2. The van der Waals surface area contributed by atoms with Crippen molar-refractivity contribution in [1.82, 2.24) is 10.3 Å². The van der Waals surface area contributed by atoms with Crippen molar-refractivity contribution in [2.45, 2.75) is 26.1 Å². The summed E-state index contributed by atoms with van der Waals surface area (Å²) in [5, 5.41) is 5.60. The van der Waals surface area contributed by atoms with Crippen molar-refractivity contribution in [3.05, 3.63) is 101 Å². The molecule has 4 rings (SSSR count). The van der Waals surface area contributed by atoms with E-state index in [0.29, 0.717) is 18.8 Å². The van der Waals surface area contributed by atoms with Crippen LogP contribution in [-0.4, -0.2) is 32.2 Å². The van der Waals surface area contributed by atoms with E-state index < -0.39 is 0 Å². The smallest absolute Gasteiger partial charge is 0.271 e. The summed E-state index contributed by atoms with van der Waals surface area (Å²) in [6, 6.07) is 23.4. The van der Waals surface area contributed by atoms with E-state index in [2.05, 4.69) is 22.3 Å². The van der Waals surface area contributed by atoms with E-state index in [4.69, 9.17) is 19.2 Å². The van der Waals surface area contributed by atoms with E-state index >= 15 is 0 Å². The molecule has 0 aliphatic carbocycles. The maximum absolute atomic E-state index is 13.0. The highest BCUT2D eigenvalue weighted by atomic mass is 32.1. The fourth-order valence-corrected chi connectivity index (χ4v) is 4.74. The third-order valence-electron chi connectivity index (χ3n) is 5.97. The molecule has 8 heteroatoms. The molecule has 1 aromatic heterocycles. The van der Waals surface area contributed by atoms with Crippen molar-refractivity contribution in [2.75, 3.05) is 26.2 Å². The fourth-order valence-electron chi connectivity index (χ4n) is 3.93. The molecule has 7 nitrogen and oxygen atoms in total. The van der Waals surface area contributed by atoms with Gasteiger partial charge in [-0.3, -0.25) is 4.79 Å². The number of nitrogens with one attached hydrogen (secondary N) is 1. The van der Waals surface area contributed by atoms with Crippen molar-refractivity contribution < 1.29 is 19.0 Å². The monoisotopic (exact) mass is 517 g/mol. The lowest BCUT2D eigenvalue weighted by Crippen LogP contribution is -2.27. The number of amides is 1. The molecule has 0 radical (unpaired) electrons. The normalized spacial score (nSPS) is 11.5. The Morgan fingerprint density at radius 1 is 0.865 bits per heavy atom. The van der Waals surface area contributed by atoms with Crippen LogP contribution < -0.4 is 24.4 Å². The van der Waals surface area contributed by atoms with Gasteiger partial charge in [-0.25, -0.2) is 4.98 Å². The second-order valence-electron chi connectivity index (χ2n) is 8.54. The molecular weight excluding hydrogens is 486 g/mol. The Kier molecular flexibility index (Phi) is 8.64. The van der Waals surface area contributed by atoms with Crippen LogP contribution in [0.1, 0.15) is 40.1 Å². The van der Waals surface area contributed by atoms with Crippen LogP contribution in [0.2, 0.25) is 0 Å². The Balaban J connectivity index is 1.53. The van der Waals surface area contributed by atoms with Crippen LogP contribution >= 0.6 is 11.3 Å². The van der Waals surface area contributed by atoms with E-state index in [1.54, 1.807) is 26.7 Å². The number of ether oxygens (including phenoxy) is 3. The molecule has 0 aliphatic rings. The molecule has 1 atom stereocenters. The second-order valence-corrected chi connectivity index (χ2v) is 9.38. The van der Waals surface area contributed by atoms with Crippen LogP contribution in [-0.2, 0) is 13.1 Å². The Bertz CT molecular complexity index is 1270. The quantitative estimate of drug-likeness (QED) is 0.268. The molecule has 0 fully saturated rings. The minimum atomic E-state index is -0.214. The van der Waals surface area contributed by atoms with Crippen molar-refractivity contribution in [3.63, 3.8) is 0 Å². The summed E-state index contributed by atoms with van der Waals surface area (Å²) < 4.78 is 16.0. The first-order valence-corrected chi connectivity index (χ1v) is 12.8. The highest BCUT2D eigenvalue weighted by Crippen LogP contribution is 2.27. The summed E-state index contributed by atoms with van der Waals surface area (Å²) >= 11 is 1.45. The number of hydrogen-bond donors (Lipinski definition) is 1. The first kappa shape index (κ1) is 26.0. The Labute approximate surface area is 221 Å². The fraction of sp³-hybridized carbons (Fsp3) is 0.241. The molecule has 0 aliphatic heterocycles. The third-order valence-corrected chi connectivity index (χ3v) is 6.88. The predicted molar refractivity (Wildman–Crippen MR) is 147 cm³/mol. The van der Waals surface area contributed by atoms with Gasteiger partial charge in [-0.1, -0.05) is 36.4 Å². The molecule has 0 bridgehead atoms. The Morgan fingerprint density at radius 2 is 1.43 bits per heavy atom. The van der Waals surface area contributed by atoms with Crippen LogP contribution in [0.25, 0.3) is 0 Å². The summed E-state index contributed by atoms with van der Waals surface area (Å²) in [5.74, 6) is 2.16. The summed E-state index contributed by atoms with van der Waals surface area (Å²) in [6.07, 6.45) is 0. The summed E-state index contributed by atoms with van der Waals surface area (Å²) in [4.78, 5) is 19.9. The molecule has 37 heavy (non-hydrogen) atoms. The highest BCUT2D eigenvalue weighted by molar-refractivity contribution is 7.13. The molecule has 1 unspecified atom stereocenters. The highest BCUT2D eigenvalue weighted by Gasteiger charge is 2.19. The predicted octanol–water partition coefficient (Wildman–Crippen LogP) is 5.87. The molecule has 0 saturated carbocycles. The van der Waals surface area contributed by atoms with Gasteiger partial charge in [0.15, 0.2) is 5.13 Å². The third kappa shape index (κ3) is 6.80. The average Bonchev–Trinajstić information content (AvgIpc) is 3.43. The van der Waals surface area contributed by atoms with E-state index in [-0.39, 0.29) is 11.9 Å². The van der Waals surface area contributed by atoms with Crippen molar-refractivity contribution in [2.24, 2.45) is 0 Å². The minimum absolute atomic E-state index is 0.173. The summed E-state index contributed by atoms with van der Waals surface area (Å²) in [6.45, 7) is 3.15. The molecule has 0 saturated heterocycles. The van der Waals surface area contributed by atoms with Crippen LogP contribution in [0.3, 0.4) is 0 Å². The van der Waals surface area contributed by atoms with E-state index in [9.17, 15) is 4.79 Å². The van der Waals surface area contributed by atoms with Gasteiger partial charge in [0.2, 0.25) is 0 Å². The number of carbonyl (C=O) groups excluding carboxylic acids is 1. The minimum Gasteiger partial charge on any atom is -0.497 e. The number of thiazole rings is 1. The molecule has 1 N–H and O–H groups in total. The lowest BCUT2D eigenvalue weighted by Gasteiger charge is -2.23. The van der Waals surface area contributed by atoms with E-state index in [1.165, 1.54) is 11.3 Å². The van der Waals surface area contributed by atoms with Crippen LogP contribution in [0.15, 0.2) is 78.2 Å². The molecule has 4 aromatic rings. The SMILES string of the molecule is COc1ccc(C(C)NC(=O)c2csc(N(Cc3cccc(OC)c3)Cc3cccc(OC)c3)n2)cc1. The average molecular weight is 518 g/mol. The first-order valence-electron chi connectivity index (χ1n) is 11.9. The number of anilines is 1. The molecule has 0 spiro atoms. The lowest BCUT2D eigenvalue weighted by atomic mass is 10.1. The number of carbonyl (C=O) groups is 1. The second kappa shape index (κ2) is 12.3. The molecule has 1 amide bonds.